The normalized spacial score (nSPS) is 12.5. The maximum absolute atomic E-state index is 13.1. The maximum Gasteiger partial charge on any atom is 0.137 e. The highest BCUT2D eigenvalue weighted by atomic mass is 79.9. The summed E-state index contributed by atoms with van der Waals surface area (Å²) >= 11 is 3.11. The fourth-order valence-corrected chi connectivity index (χ4v) is 2.44. The molecule has 1 atom stereocenters. The second-order valence-corrected chi connectivity index (χ2v) is 5.32. The van der Waals surface area contributed by atoms with Gasteiger partial charge in [0, 0.05) is 6.42 Å². The summed E-state index contributed by atoms with van der Waals surface area (Å²) in [7, 11) is 0. The number of benzene rings is 2. The van der Waals surface area contributed by atoms with Crippen LogP contribution in [0.4, 0.5) is 8.78 Å². The van der Waals surface area contributed by atoms with Gasteiger partial charge in [-0.05, 0) is 63.8 Å². The third-order valence-corrected chi connectivity index (χ3v) is 3.61. The second kappa shape index (κ2) is 5.80. The van der Waals surface area contributed by atoms with Gasteiger partial charge in [0.15, 0.2) is 0 Å². The zero-order chi connectivity index (χ0) is 14.0. The fourth-order valence-electron chi connectivity index (χ4n) is 2.01. The molecule has 0 spiro atoms. The average molecular weight is 327 g/mol. The Hall–Kier alpha value is -1.26. The average Bonchev–Trinajstić information content (AvgIpc) is 2.33. The van der Waals surface area contributed by atoms with Crippen molar-refractivity contribution < 1.29 is 13.9 Å². The van der Waals surface area contributed by atoms with Crippen molar-refractivity contribution in [3.63, 3.8) is 0 Å². The minimum Gasteiger partial charge on any atom is -0.388 e. The Morgan fingerprint density at radius 1 is 1.16 bits per heavy atom. The van der Waals surface area contributed by atoms with Gasteiger partial charge in [-0.15, -0.1) is 0 Å². The van der Waals surface area contributed by atoms with Crippen molar-refractivity contribution in [1.82, 2.24) is 0 Å². The SMILES string of the molecule is Cc1cc(F)ccc1C(O)Cc1ccc(F)c(Br)c1. The van der Waals surface area contributed by atoms with Crippen molar-refractivity contribution in [2.45, 2.75) is 19.4 Å². The summed E-state index contributed by atoms with van der Waals surface area (Å²) in [5, 5.41) is 10.2. The molecule has 0 saturated heterocycles. The highest BCUT2D eigenvalue weighted by Gasteiger charge is 2.12. The second-order valence-electron chi connectivity index (χ2n) is 4.47. The number of aryl methyl sites for hydroxylation is 1. The molecule has 0 amide bonds. The lowest BCUT2D eigenvalue weighted by Crippen LogP contribution is -2.04. The highest BCUT2D eigenvalue weighted by Crippen LogP contribution is 2.24. The number of rotatable bonds is 3. The molecule has 2 aromatic rings. The van der Waals surface area contributed by atoms with Crippen LogP contribution in [0.3, 0.4) is 0 Å². The first-order valence-corrected chi connectivity index (χ1v) is 6.64. The molecule has 0 fully saturated rings. The number of hydrogen-bond acceptors (Lipinski definition) is 1. The van der Waals surface area contributed by atoms with E-state index < -0.39 is 6.10 Å². The van der Waals surface area contributed by atoms with Crippen molar-refractivity contribution in [2.75, 3.05) is 0 Å². The molecule has 1 nitrogen and oxygen atoms in total. The van der Waals surface area contributed by atoms with E-state index in [4.69, 9.17) is 0 Å². The predicted octanol–water partition coefficient (Wildman–Crippen LogP) is 4.31. The van der Waals surface area contributed by atoms with E-state index in [1.807, 2.05) is 0 Å². The molecule has 2 aromatic carbocycles. The zero-order valence-electron chi connectivity index (χ0n) is 10.3. The van der Waals surface area contributed by atoms with E-state index in [0.717, 1.165) is 5.56 Å². The van der Waals surface area contributed by atoms with Gasteiger partial charge in [-0.2, -0.15) is 0 Å². The molecular formula is C15H13BrF2O. The van der Waals surface area contributed by atoms with Crippen LogP contribution >= 0.6 is 15.9 Å². The van der Waals surface area contributed by atoms with E-state index in [-0.39, 0.29) is 11.6 Å². The van der Waals surface area contributed by atoms with Gasteiger partial charge >= 0.3 is 0 Å². The van der Waals surface area contributed by atoms with Gasteiger partial charge < -0.3 is 5.11 Å². The lowest BCUT2D eigenvalue weighted by Gasteiger charge is -2.14. The number of aliphatic hydroxyl groups excluding tert-OH is 1. The molecule has 1 N–H and O–H groups in total. The molecule has 0 aliphatic carbocycles. The third-order valence-electron chi connectivity index (χ3n) is 3.00. The number of hydrogen-bond donors (Lipinski definition) is 1. The standard InChI is InChI=1S/C15H13BrF2O/c1-9-6-11(17)3-4-12(9)15(19)8-10-2-5-14(18)13(16)7-10/h2-7,15,19H,8H2,1H3. The van der Waals surface area contributed by atoms with Crippen molar-refractivity contribution >= 4 is 15.9 Å². The van der Waals surface area contributed by atoms with E-state index in [1.165, 1.54) is 18.2 Å². The Morgan fingerprint density at radius 3 is 2.53 bits per heavy atom. The fraction of sp³-hybridized carbons (Fsp3) is 0.200. The van der Waals surface area contributed by atoms with Crippen LogP contribution in [0.1, 0.15) is 22.8 Å². The highest BCUT2D eigenvalue weighted by molar-refractivity contribution is 9.10. The summed E-state index contributed by atoms with van der Waals surface area (Å²) in [5.74, 6) is -0.658. The van der Waals surface area contributed by atoms with Crippen LogP contribution in [0.25, 0.3) is 0 Å². The van der Waals surface area contributed by atoms with E-state index >= 15 is 0 Å². The van der Waals surface area contributed by atoms with Crippen molar-refractivity contribution in [3.8, 4) is 0 Å². The molecule has 0 aliphatic rings. The molecule has 2 rings (SSSR count). The Bertz CT molecular complexity index is 599. The molecular weight excluding hydrogens is 314 g/mol. The topological polar surface area (TPSA) is 20.2 Å². The molecule has 0 heterocycles. The van der Waals surface area contributed by atoms with Crippen LogP contribution in [-0.2, 0) is 6.42 Å². The number of aliphatic hydroxyl groups is 1. The smallest absolute Gasteiger partial charge is 0.137 e. The summed E-state index contributed by atoms with van der Waals surface area (Å²) in [6, 6.07) is 8.91. The zero-order valence-corrected chi connectivity index (χ0v) is 11.9. The van der Waals surface area contributed by atoms with E-state index in [9.17, 15) is 13.9 Å². The minimum absolute atomic E-state index is 0.321. The van der Waals surface area contributed by atoms with Gasteiger partial charge in [0.25, 0.3) is 0 Å². The van der Waals surface area contributed by atoms with E-state index in [1.54, 1.807) is 25.1 Å². The van der Waals surface area contributed by atoms with Crippen LogP contribution in [0.15, 0.2) is 40.9 Å². The van der Waals surface area contributed by atoms with Crippen molar-refractivity contribution in [1.29, 1.82) is 0 Å². The van der Waals surface area contributed by atoms with Gasteiger partial charge in [-0.1, -0.05) is 12.1 Å². The minimum atomic E-state index is -0.738. The Balaban J connectivity index is 2.20. The molecule has 0 aromatic heterocycles. The Morgan fingerprint density at radius 2 is 1.89 bits per heavy atom. The van der Waals surface area contributed by atoms with Crippen LogP contribution in [-0.4, -0.2) is 5.11 Å². The van der Waals surface area contributed by atoms with E-state index in [0.29, 0.717) is 22.0 Å². The summed E-state index contributed by atoms with van der Waals surface area (Å²) in [6.07, 6.45) is -0.385. The largest absolute Gasteiger partial charge is 0.388 e. The van der Waals surface area contributed by atoms with Gasteiger partial charge in [0.2, 0.25) is 0 Å². The van der Waals surface area contributed by atoms with Crippen LogP contribution in [0, 0.1) is 18.6 Å². The summed E-state index contributed by atoms with van der Waals surface area (Å²) in [6.45, 7) is 1.75. The maximum atomic E-state index is 13.1. The van der Waals surface area contributed by atoms with Gasteiger partial charge in [0.1, 0.15) is 11.6 Å². The summed E-state index contributed by atoms with van der Waals surface area (Å²) < 4.78 is 26.5. The summed E-state index contributed by atoms with van der Waals surface area (Å²) in [4.78, 5) is 0. The molecule has 0 aliphatic heterocycles. The van der Waals surface area contributed by atoms with E-state index in [2.05, 4.69) is 15.9 Å². The third kappa shape index (κ3) is 3.39. The van der Waals surface area contributed by atoms with Gasteiger partial charge in [-0.25, -0.2) is 8.78 Å². The molecule has 0 saturated carbocycles. The van der Waals surface area contributed by atoms with Crippen molar-refractivity contribution in [2.24, 2.45) is 0 Å². The first-order chi connectivity index (χ1) is 8.97. The Labute approximate surface area is 119 Å². The lowest BCUT2D eigenvalue weighted by atomic mass is 9.98. The van der Waals surface area contributed by atoms with Gasteiger partial charge in [0.05, 0.1) is 10.6 Å². The molecule has 0 bridgehead atoms. The van der Waals surface area contributed by atoms with Crippen LogP contribution < -0.4 is 0 Å². The molecule has 100 valence electrons. The Kier molecular flexibility index (Phi) is 4.32. The quantitative estimate of drug-likeness (QED) is 0.891. The van der Waals surface area contributed by atoms with Gasteiger partial charge in [-0.3, -0.25) is 0 Å². The first kappa shape index (κ1) is 14.2. The lowest BCUT2D eigenvalue weighted by molar-refractivity contribution is 0.177. The summed E-state index contributed by atoms with van der Waals surface area (Å²) in [5.41, 5.74) is 2.19. The molecule has 19 heavy (non-hydrogen) atoms. The molecule has 4 heteroatoms. The van der Waals surface area contributed by atoms with Crippen LogP contribution in [0.2, 0.25) is 0 Å². The van der Waals surface area contributed by atoms with Crippen molar-refractivity contribution in [3.05, 3.63) is 69.2 Å². The molecule has 0 radical (unpaired) electrons. The molecule has 1 unspecified atom stereocenters. The monoisotopic (exact) mass is 326 g/mol. The van der Waals surface area contributed by atoms with Crippen LogP contribution in [0.5, 0.6) is 0 Å². The number of halogens is 3. The first-order valence-electron chi connectivity index (χ1n) is 5.85. The predicted molar refractivity (Wildman–Crippen MR) is 73.9 cm³/mol.